The quantitative estimate of drug-likeness (QED) is 0.0715. The van der Waals surface area contributed by atoms with Crippen molar-refractivity contribution < 1.29 is 33.6 Å². The minimum absolute atomic E-state index is 0.0534. The highest BCUT2D eigenvalue weighted by Gasteiger charge is 2.28. The van der Waals surface area contributed by atoms with Crippen LogP contribution >= 0.6 is 0 Å². The van der Waals surface area contributed by atoms with E-state index in [4.69, 9.17) is 22.9 Å². The number of carbonyl (C=O) groups excluding carboxylic acids is 7. The van der Waals surface area contributed by atoms with Gasteiger partial charge in [0, 0.05) is 233 Å². The number of nitrogens with two attached hydrogens (primary N) is 4. The second kappa shape index (κ2) is 44.8. The summed E-state index contributed by atoms with van der Waals surface area (Å²) >= 11 is 0. The van der Waals surface area contributed by atoms with Gasteiger partial charge in [0.1, 0.15) is 45.5 Å². The van der Waals surface area contributed by atoms with Gasteiger partial charge >= 0.3 is 0 Å². The Morgan fingerprint density at radius 3 is 0.856 bits per heavy atom. The van der Waals surface area contributed by atoms with Crippen molar-refractivity contribution in [3.05, 3.63) is 318 Å². The monoisotopic (exact) mass is 1950 g/mol. The van der Waals surface area contributed by atoms with E-state index in [1.54, 1.807) is 98.5 Å². The molecule has 0 atom stereocenters. The van der Waals surface area contributed by atoms with Crippen LogP contribution < -0.4 is 28.5 Å². The molecule has 1 aromatic carbocycles. The molecule has 0 radical (unpaired) electrons. The van der Waals surface area contributed by atoms with Gasteiger partial charge in [-0.05, 0) is 262 Å². The first kappa shape index (κ1) is 97.4. The van der Waals surface area contributed by atoms with E-state index in [-0.39, 0.29) is 41.0 Å². The molecule has 24 rings (SSSR count). The molecule has 0 aliphatic carbocycles. The smallest absolute Gasteiger partial charge is 0.255 e. The van der Waals surface area contributed by atoms with Crippen molar-refractivity contribution in [3.63, 3.8) is 0 Å². The summed E-state index contributed by atoms with van der Waals surface area (Å²) in [6, 6.07) is 46.7. The Morgan fingerprint density at radius 2 is 0.562 bits per heavy atom. The maximum atomic E-state index is 12.7. The van der Waals surface area contributed by atoms with Crippen LogP contribution in [0.25, 0.3) is 100 Å². The number of aromatic amines is 1. The van der Waals surface area contributed by atoms with Crippen LogP contribution in [-0.2, 0) is 0 Å². The third-order valence-electron chi connectivity index (χ3n) is 27.3. The van der Waals surface area contributed by atoms with Gasteiger partial charge in [0.05, 0.1) is 86.1 Å². The average Bonchev–Trinajstić information content (AvgIpc) is 1.66. The Bertz CT molecular complexity index is 7520. The lowest BCUT2D eigenvalue weighted by molar-refractivity contribution is 0.0716. The highest BCUT2D eigenvalue weighted by Crippen LogP contribution is 2.31. The van der Waals surface area contributed by atoms with Gasteiger partial charge in [-0.1, -0.05) is 0 Å². The van der Waals surface area contributed by atoms with Crippen molar-refractivity contribution in [1.29, 1.82) is 0 Å². The zero-order chi connectivity index (χ0) is 101. The number of nitrogens with zero attached hydrogens (tertiary/aromatic N) is 22. The van der Waals surface area contributed by atoms with E-state index in [1.165, 1.54) is 44.6 Å². The molecule has 18 aromatic rings. The fourth-order valence-electron chi connectivity index (χ4n) is 19.4. The summed E-state index contributed by atoms with van der Waals surface area (Å²) in [7, 11) is 0. The fourth-order valence-corrected chi connectivity index (χ4v) is 19.4. The highest BCUT2D eigenvalue weighted by atomic mass is 16.2. The van der Waals surface area contributed by atoms with Gasteiger partial charge < -0.3 is 66.5 Å². The molecular weight excluding hydrogens is 1840 g/mol. The summed E-state index contributed by atoms with van der Waals surface area (Å²) in [4.78, 5) is 156. The molecule has 6 saturated heterocycles. The molecule has 742 valence electrons. The normalized spacial score (nSPS) is 14.9. The van der Waals surface area contributed by atoms with Crippen LogP contribution in [0.4, 0.5) is 17.3 Å². The standard InChI is InChI=1S/C20H20N4O2.C19H20N4O.3C18H19N5O.C18H18N4O2/c21-18(25)14-4-6-17(7-5-14)24-11-8-15-12-16(13-22-19(15)24)20(26)23-9-2-1-3-10-23;1-14-5-6-17(13-20-14)23-10-7-15-11-16(12-21-18(15)23)19(24)22-8-3-2-4-9-22;19-16-11-15(4-6-20-16)23-9-5-13-10-14(12-21-17(13)23)18(24)22-7-2-1-3-8-22;19-16-5-4-15(12-20-16)23-9-6-13-10-14(11-21-17(13)23)18(24)22-7-2-1-3-8-22;19-15-9-16(12-20-11-15)23-7-4-13-8-14(10-21-17(13)23)18(24)22-5-2-1-3-6-22;23-16-5-4-15(12-19-16)22-9-6-13-10-14(11-20-17(13)22)18(24)21-7-2-1-3-8-21/h4-8,11-13H,1-3,9-10H2,(H2,21,25);5-7,10-13H,2-4,8-9H2,1H3;2*4-6,9-12H,1-3,7-8H2,(H2,19,20);4,7-12H,1-3,5-6,19H2;4-6,9-12H,1-3,7-8H2,(H,19,23). The number of aryl methyl sites for hydroxylation is 1. The Balaban J connectivity index is 0.000000111. The topological polar surface area (TPSA) is 434 Å². The maximum absolute atomic E-state index is 12.7. The van der Waals surface area contributed by atoms with Crippen LogP contribution in [0.3, 0.4) is 0 Å². The second-order valence-corrected chi connectivity index (χ2v) is 37.4. The number of piperidine rings is 6. The molecule has 35 nitrogen and oxygen atoms in total. The Labute approximate surface area is 841 Å². The lowest BCUT2D eigenvalue weighted by Crippen LogP contribution is -2.35. The number of likely N-dealkylation sites (tertiary alicyclic amines) is 6. The number of benzene rings is 1. The molecule has 7 amide bonds. The van der Waals surface area contributed by atoms with Crippen molar-refractivity contribution in [2.45, 2.75) is 122 Å². The first-order valence-corrected chi connectivity index (χ1v) is 50.0. The number of hydrogen-bond donors (Lipinski definition) is 5. The van der Waals surface area contributed by atoms with E-state index >= 15 is 0 Å². The summed E-state index contributed by atoms with van der Waals surface area (Å²) in [5, 5.41) is 5.59. The molecule has 6 fully saturated rings. The number of H-pyrrole nitrogens is 1. The molecule has 0 saturated carbocycles. The second-order valence-electron chi connectivity index (χ2n) is 37.4. The lowest BCUT2D eigenvalue weighted by Gasteiger charge is -2.26. The number of rotatable bonds is 13. The van der Waals surface area contributed by atoms with E-state index < -0.39 is 5.91 Å². The predicted octanol–water partition coefficient (Wildman–Crippen LogP) is 16.3. The molecular formula is C111H115N27O8. The van der Waals surface area contributed by atoms with Crippen molar-refractivity contribution in [1.82, 2.24) is 112 Å². The summed E-state index contributed by atoms with van der Waals surface area (Å²) in [5.74, 6) is 0.919. The maximum Gasteiger partial charge on any atom is 0.255 e. The number of anilines is 3. The Kier molecular flexibility index (Phi) is 29.9. The van der Waals surface area contributed by atoms with Crippen molar-refractivity contribution in [2.24, 2.45) is 5.73 Å². The number of pyridine rings is 11. The minimum atomic E-state index is -0.451. The van der Waals surface area contributed by atoms with Gasteiger partial charge in [0.2, 0.25) is 11.5 Å². The van der Waals surface area contributed by atoms with Crippen LogP contribution in [0.1, 0.15) is 194 Å². The van der Waals surface area contributed by atoms with Crippen LogP contribution in [0.2, 0.25) is 0 Å². The molecule has 6 aliphatic rings. The predicted molar refractivity (Wildman–Crippen MR) is 563 cm³/mol. The fraction of sp³-hybridized carbons (Fsp3) is 0.279. The van der Waals surface area contributed by atoms with E-state index in [2.05, 4.69) is 54.8 Å². The highest BCUT2D eigenvalue weighted by molar-refractivity contribution is 6.02. The average molecular weight is 1960 g/mol. The largest absolute Gasteiger partial charge is 0.397 e. The van der Waals surface area contributed by atoms with Gasteiger partial charge in [0.15, 0.2) is 0 Å². The number of carbonyl (C=O) groups is 7. The first-order chi connectivity index (χ1) is 71.2. The van der Waals surface area contributed by atoms with Gasteiger partial charge in [-0.3, -0.25) is 66.6 Å². The Hall–Kier alpha value is -17.4. The SMILES string of the molecule is Cc1ccc(-n2ccc3cc(C(=O)N4CCCCC4)cnc32)cn1.NC(=O)c1ccc(-n2ccc3cc(C(=O)N4CCCCC4)cnc32)cc1.Nc1cc(-n2ccc3cc(C(=O)N4CCCCC4)cnc32)ccn1.Nc1ccc(-n2ccc3cc(C(=O)N4CCCCC4)cnc32)cn1.Nc1cncc(-n2ccc3cc(C(=O)N4CCCCC4)cnc32)c1.O=C(c1cnc2c(ccn2-c2ccc(=O)[nH]c2)c1)N1CCCCC1. The summed E-state index contributed by atoms with van der Waals surface area (Å²) in [5.41, 5.74) is 38.4. The molecule has 35 heteroatoms. The van der Waals surface area contributed by atoms with E-state index in [1.807, 2.05) is 222 Å². The summed E-state index contributed by atoms with van der Waals surface area (Å²) < 4.78 is 11.6. The van der Waals surface area contributed by atoms with Crippen LogP contribution in [0, 0.1) is 6.92 Å². The number of hydrogen-bond acceptors (Lipinski definition) is 21. The van der Waals surface area contributed by atoms with E-state index in [0.717, 1.165) is 262 Å². The lowest BCUT2D eigenvalue weighted by atomic mass is 10.1. The van der Waals surface area contributed by atoms with Gasteiger partial charge in [-0.2, -0.15) is 0 Å². The van der Waals surface area contributed by atoms with E-state index in [9.17, 15) is 38.4 Å². The van der Waals surface area contributed by atoms with Crippen molar-refractivity contribution in [3.8, 4) is 34.1 Å². The minimum Gasteiger partial charge on any atom is -0.397 e. The van der Waals surface area contributed by atoms with Gasteiger partial charge in [0.25, 0.3) is 35.4 Å². The molecule has 17 aromatic heterocycles. The third kappa shape index (κ3) is 22.4. The zero-order valence-corrected chi connectivity index (χ0v) is 81.5. The number of primary amides is 1. The van der Waals surface area contributed by atoms with Crippen molar-refractivity contribution in [2.75, 3.05) is 95.7 Å². The third-order valence-corrected chi connectivity index (χ3v) is 27.3. The molecule has 23 heterocycles. The Morgan fingerprint density at radius 1 is 0.260 bits per heavy atom. The van der Waals surface area contributed by atoms with Gasteiger partial charge in [-0.25, -0.2) is 39.9 Å². The number of nitrogen functional groups attached to an aromatic ring is 3. The number of amides is 7. The molecule has 0 spiro atoms. The van der Waals surface area contributed by atoms with Crippen LogP contribution in [-0.4, -0.2) is 232 Å². The first-order valence-electron chi connectivity index (χ1n) is 50.0. The molecule has 0 bridgehead atoms. The van der Waals surface area contributed by atoms with Crippen LogP contribution in [0.5, 0.6) is 0 Å². The number of aromatic nitrogens is 17. The summed E-state index contributed by atoms with van der Waals surface area (Å²) in [6.07, 6.45) is 52.0. The zero-order valence-electron chi connectivity index (χ0n) is 81.5. The molecule has 9 N–H and O–H groups in total. The number of fused-ring (bicyclic) bond motifs is 6. The number of nitrogens with one attached hydrogen (secondary N) is 1. The van der Waals surface area contributed by atoms with Crippen LogP contribution in [0.15, 0.2) is 268 Å². The van der Waals surface area contributed by atoms with Crippen molar-refractivity contribution >= 4 is 125 Å². The van der Waals surface area contributed by atoms with Gasteiger partial charge in [-0.15, -0.1) is 0 Å². The molecule has 146 heavy (non-hydrogen) atoms. The molecule has 0 unspecified atom stereocenters. The van der Waals surface area contributed by atoms with E-state index in [0.29, 0.717) is 56.3 Å². The molecule has 6 aliphatic heterocycles. The summed E-state index contributed by atoms with van der Waals surface area (Å²) in [6.45, 7) is 12.0.